The first-order valence-electron chi connectivity index (χ1n) is 6.25. The van der Waals surface area contributed by atoms with Crippen LogP contribution in [0.4, 0.5) is 5.82 Å². The number of aromatic nitrogens is 4. The van der Waals surface area contributed by atoms with Gasteiger partial charge in [0.15, 0.2) is 11.0 Å². The minimum Gasteiger partial charge on any atom is -0.306 e. The smallest absolute Gasteiger partial charge is 0.249 e. The number of halogens is 1. The lowest BCUT2D eigenvalue weighted by Gasteiger charge is -1.97. The van der Waals surface area contributed by atoms with E-state index >= 15 is 0 Å². The molecule has 1 N–H and O–H groups in total. The number of carbonyl (C=O) groups is 1. The number of rotatable bonds is 3. The zero-order valence-electron chi connectivity index (χ0n) is 11.2. The molecule has 3 rings (SSSR count). The fourth-order valence-electron chi connectivity index (χ4n) is 1.94. The highest BCUT2D eigenvalue weighted by molar-refractivity contribution is 6.31. The summed E-state index contributed by atoms with van der Waals surface area (Å²) in [6, 6.07) is 7.31. The number of nitrogens with zero attached hydrogens (tertiary/aromatic N) is 4. The molecule has 0 aliphatic rings. The van der Waals surface area contributed by atoms with Crippen molar-refractivity contribution in [1.29, 1.82) is 0 Å². The third-order valence-corrected chi connectivity index (χ3v) is 3.16. The largest absolute Gasteiger partial charge is 0.306 e. The predicted octanol–water partition coefficient (Wildman–Crippen LogP) is 2.37. The van der Waals surface area contributed by atoms with Gasteiger partial charge in [-0.3, -0.25) is 13.9 Å². The highest BCUT2D eigenvalue weighted by Gasteiger charge is 2.07. The fourth-order valence-corrected chi connectivity index (χ4v) is 2.18. The third kappa shape index (κ3) is 2.80. The van der Waals surface area contributed by atoms with Gasteiger partial charge in [-0.25, -0.2) is 4.98 Å². The summed E-state index contributed by atoms with van der Waals surface area (Å²) in [4.78, 5) is 16.1. The molecule has 3 aromatic rings. The number of amides is 1. The molecule has 3 aromatic heterocycles. The number of hydrogen-bond donors (Lipinski definition) is 1. The second-order valence-electron chi connectivity index (χ2n) is 4.41. The molecule has 7 heteroatoms. The Morgan fingerprint density at radius 2 is 2.19 bits per heavy atom. The number of nitrogens with one attached hydrogen (secondary N) is 1. The Labute approximate surface area is 125 Å². The van der Waals surface area contributed by atoms with Crippen LogP contribution in [0.3, 0.4) is 0 Å². The van der Waals surface area contributed by atoms with Crippen molar-refractivity contribution < 1.29 is 4.79 Å². The van der Waals surface area contributed by atoms with Crippen LogP contribution in [0.2, 0.25) is 5.15 Å². The molecule has 6 nitrogen and oxygen atoms in total. The molecule has 0 aliphatic heterocycles. The van der Waals surface area contributed by atoms with Gasteiger partial charge in [-0.05, 0) is 18.2 Å². The van der Waals surface area contributed by atoms with Gasteiger partial charge in [-0.15, -0.1) is 0 Å². The summed E-state index contributed by atoms with van der Waals surface area (Å²) in [7, 11) is 1.78. The van der Waals surface area contributed by atoms with Crippen molar-refractivity contribution in [2.24, 2.45) is 7.05 Å². The normalized spacial score (nSPS) is 11.3. The molecule has 0 radical (unpaired) electrons. The van der Waals surface area contributed by atoms with Gasteiger partial charge in [-0.1, -0.05) is 17.7 Å². The van der Waals surface area contributed by atoms with Crippen LogP contribution >= 0.6 is 11.6 Å². The van der Waals surface area contributed by atoms with E-state index in [2.05, 4.69) is 15.4 Å². The maximum Gasteiger partial charge on any atom is 0.249 e. The Hall–Kier alpha value is -2.60. The van der Waals surface area contributed by atoms with Crippen molar-refractivity contribution in [3.8, 4) is 0 Å². The topological polar surface area (TPSA) is 64.2 Å². The molecule has 0 aliphatic carbocycles. The number of fused-ring (bicyclic) bond motifs is 1. The van der Waals surface area contributed by atoms with Crippen LogP contribution in [0.25, 0.3) is 11.7 Å². The molecule has 0 aromatic carbocycles. The second kappa shape index (κ2) is 5.41. The SMILES string of the molecule is Cn1ccc(NC(=O)/C=C/c2c(Cl)nc3ccccn23)n1. The standard InChI is InChI=1S/C14H12ClN5O/c1-19-9-7-11(18-19)16-13(21)6-5-10-14(15)17-12-4-2-3-8-20(10)12/h2-9H,1H3,(H,16,18,21)/b6-5+. The first-order valence-corrected chi connectivity index (χ1v) is 6.62. The minimum atomic E-state index is -0.282. The van der Waals surface area contributed by atoms with Crippen LogP contribution in [0.15, 0.2) is 42.7 Å². The van der Waals surface area contributed by atoms with Gasteiger partial charge in [0.1, 0.15) is 5.65 Å². The first-order chi connectivity index (χ1) is 10.1. The predicted molar refractivity (Wildman–Crippen MR) is 81.1 cm³/mol. The number of pyridine rings is 1. The molecule has 1 amide bonds. The molecule has 0 fully saturated rings. The molecule has 0 saturated carbocycles. The quantitative estimate of drug-likeness (QED) is 0.755. The summed E-state index contributed by atoms with van der Waals surface area (Å²) in [6.07, 6.45) is 6.61. The van der Waals surface area contributed by atoms with Gasteiger partial charge in [0.05, 0.1) is 5.69 Å². The van der Waals surface area contributed by atoms with Crippen LogP contribution < -0.4 is 5.32 Å². The molecule has 0 unspecified atom stereocenters. The molecule has 0 saturated heterocycles. The van der Waals surface area contributed by atoms with Crippen molar-refractivity contribution >= 4 is 35.0 Å². The maximum atomic E-state index is 11.8. The monoisotopic (exact) mass is 301 g/mol. The van der Waals surface area contributed by atoms with E-state index in [9.17, 15) is 4.79 Å². The molecule has 0 spiro atoms. The van der Waals surface area contributed by atoms with Gasteiger partial charge >= 0.3 is 0 Å². The Morgan fingerprint density at radius 1 is 1.33 bits per heavy atom. The van der Waals surface area contributed by atoms with E-state index in [-0.39, 0.29) is 5.91 Å². The van der Waals surface area contributed by atoms with E-state index in [1.54, 1.807) is 30.1 Å². The maximum absolute atomic E-state index is 11.8. The van der Waals surface area contributed by atoms with Gasteiger partial charge < -0.3 is 5.32 Å². The van der Waals surface area contributed by atoms with Crippen LogP contribution in [0, 0.1) is 0 Å². The third-order valence-electron chi connectivity index (χ3n) is 2.88. The van der Waals surface area contributed by atoms with Crippen molar-refractivity contribution in [3.05, 3.63) is 53.6 Å². The van der Waals surface area contributed by atoms with E-state index in [0.29, 0.717) is 16.7 Å². The van der Waals surface area contributed by atoms with Crippen LogP contribution in [0.1, 0.15) is 5.69 Å². The Bertz CT molecular complexity index is 833. The van der Waals surface area contributed by atoms with Crippen LogP contribution in [-0.2, 0) is 11.8 Å². The minimum absolute atomic E-state index is 0.282. The van der Waals surface area contributed by atoms with E-state index in [0.717, 1.165) is 5.65 Å². The molecule has 3 heterocycles. The molecular formula is C14H12ClN5O. The summed E-state index contributed by atoms with van der Waals surface area (Å²) in [6.45, 7) is 0. The van der Waals surface area contributed by atoms with Gasteiger partial charge in [-0.2, -0.15) is 5.10 Å². The summed E-state index contributed by atoms with van der Waals surface area (Å²) >= 11 is 6.08. The molecule has 106 valence electrons. The van der Waals surface area contributed by atoms with Crippen LogP contribution in [-0.4, -0.2) is 25.1 Å². The Kier molecular flexibility index (Phi) is 3.45. The highest BCUT2D eigenvalue weighted by atomic mass is 35.5. The molecule has 0 bridgehead atoms. The summed E-state index contributed by atoms with van der Waals surface area (Å²) in [5.74, 6) is 0.215. The first kappa shape index (κ1) is 13.4. The van der Waals surface area contributed by atoms with E-state index in [1.807, 2.05) is 28.8 Å². The lowest BCUT2D eigenvalue weighted by Crippen LogP contribution is -2.08. The number of carbonyl (C=O) groups excluding carboxylic acids is 1. The highest BCUT2D eigenvalue weighted by Crippen LogP contribution is 2.18. The van der Waals surface area contributed by atoms with Crippen molar-refractivity contribution in [2.75, 3.05) is 5.32 Å². The van der Waals surface area contributed by atoms with E-state index in [1.165, 1.54) is 6.08 Å². The van der Waals surface area contributed by atoms with Crippen molar-refractivity contribution in [3.63, 3.8) is 0 Å². The Balaban J connectivity index is 1.81. The summed E-state index contributed by atoms with van der Waals surface area (Å²) in [5.41, 5.74) is 1.38. The fraction of sp³-hybridized carbons (Fsp3) is 0.0714. The second-order valence-corrected chi connectivity index (χ2v) is 4.77. The lowest BCUT2D eigenvalue weighted by molar-refractivity contribution is -0.111. The van der Waals surface area contributed by atoms with Crippen molar-refractivity contribution in [1.82, 2.24) is 19.2 Å². The Morgan fingerprint density at radius 3 is 2.95 bits per heavy atom. The number of aryl methyl sites for hydroxylation is 1. The molecular weight excluding hydrogens is 290 g/mol. The number of hydrogen-bond acceptors (Lipinski definition) is 3. The average molecular weight is 302 g/mol. The molecule has 0 atom stereocenters. The average Bonchev–Trinajstić information content (AvgIpc) is 2.99. The zero-order valence-corrected chi connectivity index (χ0v) is 11.9. The summed E-state index contributed by atoms with van der Waals surface area (Å²) in [5, 5.41) is 7.08. The van der Waals surface area contributed by atoms with Gasteiger partial charge in [0.25, 0.3) is 0 Å². The van der Waals surface area contributed by atoms with Gasteiger partial charge in [0.2, 0.25) is 5.91 Å². The zero-order chi connectivity index (χ0) is 14.8. The van der Waals surface area contributed by atoms with E-state index < -0.39 is 0 Å². The van der Waals surface area contributed by atoms with Crippen molar-refractivity contribution in [2.45, 2.75) is 0 Å². The number of anilines is 1. The van der Waals surface area contributed by atoms with Crippen LogP contribution in [0.5, 0.6) is 0 Å². The lowest BCUT2D eigenvalue weighted by atomic mass is 10.3. The van der Waals surface area contributed by atoms with Gasteiger partial charge in [0, 0.05) is 31.6 Å². The summed E-state index contributed by atoms with van der Waals surface area (Å²) < 4.78 is 3.42. The van der Waals surface area contributed by atoms with E-state index in [4.69, 9.17) is 11.6 Å². The number of imidazole rings is 1. The molecule has 21 heavy (non-hydrogen) atoms.